The van der Waals surface area contributed by atoms with Gasteiger partial charge in [0.2, 0.25) is 0 Å². The number of esters is 1. The van der Waals surface area contributed by atoms with Gasteiger partial charge in [-0.15, -0.1) is 0 Å². The Bertz CT molecular complexity index is 1140. The number of anilines is 1. The summed E-state index contributed by atoms with van der Waals surface area (Å²) in [5, 5.41) is 11.8. The summed E-state index contributed by atoms with van der Waals surface area (Å²) in [5.41, 5.74) is -0.736. The number of benzene rings is 2. The van der Waals surface area contributed by atoms with Crippen molar-refractivity contribution < 1.29 is 32.6 Å². The highest BCUT2D eigenvalue weighted by molar-refractivity contribution is 7.98. The number of carboxylic acid groups (broad SMARTS) is 1. The molecule has 0 heterocycles. The van der Waals surface area contributed by atoms with Crippen LogP contribution in [0.2, 0.25) is 0 Å². The molecular weight excluding hydrogens is 480 g/mol. The lowest BCUT2D eigenvalue weighted by molar-refractivity contribution is -0.143. The van der Waals surface area contributed by atoms with Crippen LogP contribution in [-0.2, 0) is 19.6 Å². The highest BCUT2D eigenvalue weighted by atomic mass is 32.2. The van der Waals surface area contributed by atoms with Gasteiger partial charge in [-0.1, -0.05) is 12.1 Å². The third-order valence-electron chi connectivity index (χ3n) is 4.59. The van der Waals surface area contributed by atoms with Crippen molar-refractivity contribution in [3.05, 3.63) is 54.1 Å². The fourth-order valence-corrected chi connectivity index (χ4v) is 4.20. The second kappa shape index (κ2) is 11.4. The van der Waals surface area contributed by atoms with Crippen LogP contribution in [0.1, 0.15) is 37.6 Å². The van der Waals surface area contributed by atoms with Gasteiger partial charge in [0.05, 0.1) is 21.6 Å². The standard InChI is InChI=1S/C23H28N2O7S2/c1-23(2,3)22(29)32-15-9-11-16(12-10-15)34(30,31)25-18-8-6-5-7-17(18)20(26)24-19(21(27)28)13-14-33-4/h5-12,19,25H,13-14H2,1-4H3,(H,24,26)(H,27,28)/t19-/m0/s1. The number of aliphatic carboxylic acids is 1. The Morgan fingerprint density at radius 1 is 1.06 bits per heavy atom. The Kier molecular flexibility index (Phi) is 9.11. The zero-order valence-corrected chi connectivity index (χ0v) is 21.0. The summed E-state index contributed by atoms with van der Waals surface area (Å²) in [6, 6.07) is 10.1. The van der Waals surface area contributed by atoms with E-state index in [-0.39, 0.29) is 28.3 Å². The van der Waals surface area contributed by atoms with Crippen molar-refractivity contribution in [3.63, 3.8) is 0 Å². The van der Waals surface area contributed by atoms with Crippen molar-refractivity contribution in [1.82, 2.24) is 5.32 Å². The Hall–Kier alpha value is -3.05. The Labute approximate surface area is 203 Å². The van der Waals surface area contributed by atoms with E-state index in [0.29, 0.717) is 5.75 Å². The van der Waals surface area contributed by atoms with Gasteiger partial charge in [0, 0.05) is 0 Å². The van der Waals surface area contributed by atoms with Crippen LogP contribution in [0.4, 0.5) is 5.69 Å². The molecule has 0 saturated carbocycles. The van der Waals surface area contributed by atoms with Gasteiger partial charge in [-0.2, -0.15) is 11.8 Å². The molecule has 0 aliphatic rings. The Balaban J connectivity index is 2.21. The third kappa shape index (κ3) is 7.49. The van der Waals surface area contributed by atoms with Crippen LogP contribution in [0, 0.1) is 5.41 Å². The van der Waals surface area contributed by atoms with Crippen molar-refractivity contribution in [2.75, 3.05) is 16.7 Å². The first-order valence-corrected chi connectivity index (χ1v) is 13.2. The fraction of sp³-hybridized carbons (Fsp3) is 0.348. The molecule has 1 amide bonds. The number of hydrogen-bond acceptors (Lipinski definition) is 7. The third-order valence-corrected chi connectivity index (χ3v) is 6.61. The van der Waals surface area contributed by atoms with Gasteiger partial charge in [0.1, 0.15) is 11.8 Å². The lowest BCUT2D eigenvalue weighted by Gasteiger charge is -2.17. The lowest BCUT2D eigenvalue weighted by atomic mass is 9.97. The van der Waals surface area contributed by atoms with Gasteiger partial charge < -0.3 is 15.2 Å². The Morgan fingerprint density at radius 3 is 2.24 bits per heavy atom. The molecule has 0 saturated heterocycles. The van der Waals surface area contributed by atoms with Gasteiger partial charge in [-0.25, -0.2) is 13.2 Å². The predicted molar refractivity (Wildman–Crippen MR) is 131 cm³/mol. The first-order valence-electron chi connectivity index (χ1n) is 10.3. The fourth-order valence-electron chi connectivity index (χ4n) is 2.65. The van der Waals surface area contributed by atoms with Gasteiger partial charge in [0.15, 0.2) is 0 Å². The summed E-state index contributed by atoms with van der Waals surface area (Å²) in [6.45, 7) is 5.10. The number of nitrogens with one attached hydrogen (secondary N) is 2. The maximum absolute atomic E-state index is 12.9. The van der Waals surface area contributed by atoms with Crippen LogP contribution in [-0.4, -0.2) is 49.4 Å². The van der Waals surface area contributed by atoms with E-state index in [9.17, 15) is 27.9 Å². The highest BCUT2D eigenvalue weighted by Gasteiger charge is 2.25. The second-order valence-corrected chi connectivity index (χ2v) is 11.1. The number of sulfonamides is 1. The largest absolute Gasteiger partial charge is 0.480 e. The number of thioether (sulfide) groups is 1. The number of ether oxygens (including phenoxy) is 1. The minimum atomic E-state index is -4.09. The molecule has 2 aromatic carbocycles. The SMILES string of the molecule is CSCC[C@H](NC(=O)c1ccccc1NS(=O)(=O)c1ccc(OC(=O)C(C)(C)C)cc1)C(=O)O. The number of rotatable bonds is 10. The summed E-state index contributed by atoms with van der Waals surface area (Å²) in [4.78, 5) is 36.1. The van der Waals surface area contributed by atoms with Gasteiger partial charge in [-0.3, -0.25) is 14.3 Å². The number of carbonyl (C=O) groups is 3. The van der Waals surface area contributed by atoms with Crippen LogP contribution in [0.15, 0.2) is 53.4 Å². The summed E-state index contributed by atoms with van der Waals surface area (Å²) in [7, 11) is -4.09. The van der Waals surface area contributed by atoms with E-state index in [4.69, 9.17) is 4.74 Å². The molecule has 2 rings (SSSR count). The van der Waals surface area contributed by atoms with Crippen molar-refractivity contribution >= 4 is 45.3 Å². The number of hydrogen-bond donors (Lipinski definition) is 3. The smallest absolute Gasteiger partial charge is 0.326 e. The average Bonchev–Trinajstić information content (AvgIpc) is 2.76. The van der Waals surface area contributed by atoms with Gasteiger partial charge in [0.25, 0.3) is 15.9 Å². The van der Waals surface area contributed by atoms with Gasteiger partial charge >= 0.3 is 11.9 Å². The maximum Gasteiger partial charge on any atom is 0.326 e. The topological polar surface area (TPSA) is 139 Å². The monoisotopic (exact) mass is 508 g/mol. The predicted octanol–water partition coefficient (Wildman–Crippen LogP) is 3.38. The first kappa shape index (κ1) is 27.2. The molecule has 0 radical (unpaired) electrons. The van der Waals surface area contributed by atoms with Crippen molar-refractivity contribution in [2.24, 2.45) is 5.41 Å². The molecule has 184 valence electrons. The number of para-hydroxylation sites is 1. The van der Waals surface area contributed by atoms with Crippen LogP contribution in [0.3, 0.4) is 0 Å². The summed E-state index contributed by atoms with van der Waals surface area (Å²) >= 11 is 1.45. The van der Waals surface area contributed by atoms with Crippen LogP contribution in [0.25, 0.3) is 0 Å². The molecule has 0 aliphatic carbocycles. The zero-order valence-electron chi connectivity index (χ0n) is 19.3. The highest BCUT2D eigenvalue weighted by Crippen LogP contribution is 2.24. The van der Waals surface area contributed by atoms with Gasteiger partial charge in [-0.05, 0) is 75.6 Å². The maximum atomic E-state index is 12.9. The molecule has 34 heavy (non-hydrogen) atoms. The average molecular weight is 509 g/mol. The molecule has 9 nitrogen and oxygen atoms in total. The molecule has 0 bridgehead atoms. The summed E-state index contributed by atoms with van der Waals surface area (Å²) in [6.07, 6.45) is 2.05. The number of carboxylic acids is 1. The molecule has 0 aliphatic heterocycles. The number of carbonyl (C=O) groups excluding carboxylic acids is 2. The molecule has 2 aromatic rings. The van der Waals surface area contributed by atoms with Crippen LogP contribution >= 0.6 is 11.8 Å². The molecule has 1 atom stereocenters. The van der Waals surface area contributed by atoms with Crippen molar-refractivity contribution in [2.45, 2.75) is 38.1 Å². The normalized spacial score (nSPS) is 12.5. The first-order chi connectivity index (χ1) is 15.8. The van der Waals surface area contributed by atoms with E-state index >= 15 is 0 Å². The lowest BCUT2D eigenvalue weighted by Crippen LogP contribution is -2.41. The molecule has 0 unspecified atom stereocenters. The quantitative estimate of drug-likeness (QED) is 0.328. The molecule has 0 aromatic heterocycles. The summed E-state index contributed by atoms with van der Waals surface area (Å²) < 4.78 is 33.4. The van der Waals surface area contributed by atoms with Crippen molar-refractivity contribution in [1.29, 1.82) is 0 Å². The molecule has 0 fully saturated rings. The Morgan fingerprint density at radius 2 is 1.68 bits per heavy atom. The van der Waals surface area contributed by atoms with Crippen molar-refractivity contribution in [3.8, 4) is 5.75 Å². The number of amides is 1. The van der Waals surface area contributed by atoms with E-state index in [1.807, 2.05) is 6.26 Å². The molecule has 11 heteroatoms. The molecule has 3 N–H and O–H groups in total. The molecular formula is C23H28N2O7S2. The zero-order chi connectivity index (χ0) is 25.5. The van der Waals surface area contributed by atoms with E-state index in [0.717, 1.165) is 0 Å². The van der Waals surface area contributed by atoms with E-state index in [2.05, 4.69) is 10.0 Å². The van der Waals surface area contributed by atoms with Crippen LogP contribution in [0.5, 0.6) is 5.75 Å². The van der Waals surface area contributed by atoms with E-state index < -0.39 is 39.3 Å². The van der Waals surface area contributed by atoms with Crippen LogP contribution < -0.4 is 14.8 Å². The van der Waals surface area contributed by atoms with E-state index in [1.54, 1.807) is 32.9 Å². The minimum Gasteiger partial charge on any atom is -0.480 e. The molecule has 0 spiro atoms. The summed E-state index contributed by atoms with van der Waals surface area (Å²) in [5.74, 6) is -1.61. The van der Waals surface area contributed by atoms with E-state index in [1.165, 1.54) is 48.2 Å². The minimum absolute atomic E-state index is 0.00255. The second-order valence-electron chi connectivity index (χ2n) is 8.41.